The maximum Gasteiger partial charge on any atom is 0.303 e. The number of nitriles is 1. The summed E-state index contributed by atoms with van der Waals surface area (Å²) in [6.45, 7) is 1.48. The third kappa shape index (κ3) is 5.36. The van der Waals surface area contributed by atoms with Crippen LogP contribution in [-0.4, -0.2) is 18.7 Å². The molecule has 0 spiro atoms. The van der Waals surface area contributed by atoms with Crippen LogP contribution in [0.3, 0.4) is 0 Å². The quantitative estimate of drug-likeness (QED) is 0.784. The lowest BCUT2D eigenvalue weighted by Crippen LogP contribution is -2.23. The molecule has 0 saturated heterocycles. The second-order valence-corrected chi connectivity index (χ2v) is 4.27. The Kier molecular flexibility index (Phi) is 5.50. The fourth-order valence-electron chi connectivity index (χ4n) is 1.19. The molecule has 0 bridgehead atoms. The predicted octanol–water partition coefficient (Wildman–Crippen LogP) is 2.67. The monoisotopic (exact) mass is 297 g/mol. The summed E-state index contributed by atoms with van der Waals surface area (Å²) in [7, 11) is 0. The van der Waals surface area contributed by atoms with Crippen LogP contribution in [0.25, 0.3) is 0 Å². The highest BCUT2D eigenvalue weighted by Crippen LogP contribution is 2.16. The minimum atomic E-state index is -0.527. The summed E-state index contributed by atoms with van der Waals surface area (Å²) in [5.74, 6) is 0.257. The number of halogens is 1. The normalized spacial score (nSPS) is 11.4. The van der Waals surface area contributed by atoms with Gasteiger partial charge in [-0.15, -0.1) is 0 Å². The Hall–Kier alpha value is -1.54. The lowest BCUT2D eigenvalue weighted by Gasteiger charge is -2.14. The molecule has 0 saturated carbocycles. The van der Waals surface area contributed by atoms with Crippen LogP contribution in [0.2, 0.25) is 0 Å². The van der Waals surface area contributed by atoms with Gasteiger partial charge in [0.15, 0.2) is 0 Å². The Bertz CT molecular complexity index is 411. The maximum atomic E-state index is 10.8. The van der Waals surface area contributed by atoms with Gasteiger partial charge in [0.25, 0.3) is 0 Å². The van der Waals surface area contributed by atoms with Gasteiger partial charge in [0, 0.05) is 11.4 Å². The summed E-state index contributed by atoms with van der Waals surface area (Å²) in [6.07, 6.45) is -0.406. The molecule has 1 rings (SSSR count). The minimum Gasteiger partial charge on any atom is -0.490 e. The van der Waals surface area contributed by atoms with Crippen LogP contribution in [-0.2, 0) is 9.53 Å². The van der Waals surface area contributed by atoms with Crippen LogP contribution in [0.5, 0.6) is 5.75 Å². The van der Waals surface area contributed by atoms with Crippen molar-refractivity contribution in [1.82, 2.24) is 0 Å². The number of rotatable bonds is 5. The highest BCUT2D eigenvalue weighted by atomic mass is 79.9. The number of benzene rings is 1. The SMILES string of the molecule is CC(=O)O[C@H](CC#N)COc1ccc(Br)cc1. The van der Waals surface area contributed by atoms with Crippen molar-refractivity contribution in [2.45, 2.75) is 19.4 Å². The molecule has 0 aliphatic carbocycles. The van der Waals surface area contributed by atoms with Crippen molar-refractivity contribution in [1.29, 1.82) is 5.26 Å². The summed E-state index contributed by atoms with van der Waals surface area (Å²) >= 11 is 3.32. The van der Waals surface area contributed by atoms with E-state index >= 15 is 0 Å². The van der Waals surface area contributed by atoms with Crippen molar-refractivity contribution in [3.05, 3.63) is 28.7 Å². The third-order valence-electron chi connectivity index (χ3n) is 1.90. The first-order valence-corrected chi connectivity index (χ1v) is 5.83. The van der Waals surface area contributed by atoms with Crippen LogP contribution in [0, 0.1) is 11.3 Å². The third-order valence-corrected chi connectivity index (χ3v) is 2.43. The largest absolute Gasteiger partial charge is 0.490 e. The second-order valence-electron chi connectivity index (χ2n) is 3.36. The molecule has 1 atom stereocenters. The maximum absolute atomic E-state index is 10.8. The van der Waals surface area contributed by atoms with Gasteiger partial charge < -0.3 is 9.47 Å². The van der Waals surface area contributed by atoms with Crippen molar-refractivity contribution in [2.24, 2.45) is 0 Å². The first kappa shape index (κ1) is 13.5. The van der Waals surface area contributed by atoms with Gasteiger partial charge in [-0.2, -0.15) is 5.26 Å². The summed E-state index contributed by atoms with van der Waals surface area (Å²) < 4.78 is 11.3. The number of carbonyl (C=O) groups excluding carboxylic acids is 1. The molecule has 90 valence electrons. The van der Waals surface area contributed by atoms with E-state index in [1.54, 1.807) is 12.1 Å². The lowest BCUT2D eigenvalue weighted by atomic mass is 10.3. The van der Waals surface area contributed by atoms with E-state index in [-0.39, 0.29) is 13.0 Å². The Balaban J connectivity index is 2.48. The molecule has 1 aromatic carbocycles. The van der Waals surface area contributed by atoms with Gasteiger partial charge in [0.1, 0.15) is 18.5 Å². The molecule has 0 aromatic heterocycles. The molecule has 0 heterocycles. The number of hydrogen-bond acceptors (Lipinski definition) is 4. The molecule has 0 fully saturated rings. The molecule has 0 aliphatic rings. The molecule has 0 N–H and O–H groups in total. The molecule has 5 heteroatoms. The van der Waals surface area contributed by atoms with Crippen LogP contribution < -0.4 is 4.74 Å². The first-order valence-electron chi connectivity index (χ1n) is 5.04. The molecule has 0 unspecified atom stereocenters. The van der Waals surface area contributed by atoms with Crippen LogP contribution in [0.15, 0.2) is 28.7 Å². The topological polar surface area (TPSA) is 59.3 Å². The average molecular weight is 298 g/mol. The Labute approximate surface area is 108 Å². The highest BCUT2D eigenvalue weighted by Gasteiger charge is 2.12. The van der Waals surface area contributed by atoms with Gasteiger partial charge in [0.2, 0.25) is 0 Å². The number of nitrogens with zero attached hydrogens (tertiary/aromatic N) is 1. The standard InChI is InChI=1S/C12H12BrNO3/c1-9(15)17-12(6-7-14)8-16-11-4-2-10(13)3-5-11/h2-5,12H,6,8H2,1H3/t12-/m1/s1. The fraction of sp³-hybridized carbons (Fsp3) is 0.333. The van der Waals surface area contributed by atoms with Crippen molar-refractivity contribution in [3.8, 4) is 11.8 Å². The minimum absolute atomic E-state index is 0.121. The lowest BCUT2D eigenvalue weighted by molar-refractivity contribution is -0.147. The average Bonchev–Trinajstić information content (AvgIpc) is 2.27. The zero-order valence-corrected chi connectivity index (χ0v) is 10.9. The molecule has 1 aromatic rings. The van der Waals surface area contributed by atoms with Gasteiger partial charge in [-0.05, 0) is 24.3 Å². The van der Waals surface area contributed by atoms with Gasteiger partial charge in [-0.3, -0.25) is 4.79 Å². The first-order chi connectivity index (χ1) is 8.11. The zero-order valence-electron chi connectivity index (χ0n) is 9.35. The van der Waals surface area contributed by atoms with E-state index in [0.29, 0.717) is 5.75 Å². The summed E-state index contributed by atoms with van der Waals surface area (Å²) in [5.41, 5.74) is 0. The van der Waals surface area contributed by atoms with E-state index in [1.165, 1.54) is 6.92 Å². The molecular formula is C12H12BrNO3. The van der Waals surface area contributed by atoms with E-state index in [1.807, 2.05) is 18.2 Å². The van der Waals surface area contributed by atoms with Crippen molar-refractivity contribution in [2.75, 3.05) is 6.61 Å². The van der Waals surface area contributed by atoms with Crippen LogP contribution >= 0.6 is 15.9 Å². The van der Waals surface area contributed by atoms with E-state index in [9.17, 15) is 4.79 Å². The van der Waals surface area contributed by atoms with Gasteiger partial charge in [-0.1, -0.05) is 15.9 Å². The summed E-state index contributed by atoms with van der Waals surface area (Å²) in [4.78, 5) is 10.8. The molecular weight excluding hydrogens is 286 g/mol. The Morgan fingerprint density at radius 1 is 1.47 bits per heavy atom. The predicted molar refractivity (Wildman–Crippen MR) is 65.4 cm³/mol. The van der Waals surface area contributed by atoms with E-state index in [4.69, 9.17) is 14.7 Å². The second kappa shape index (κ2) is 6.92. The van der Waals surface area contributed by atoms with Crippen LogP contribution in [0.1, 0.15) is 13.3 Å². The fourth-order valence-corrected chi connectivity index (χ4v) is 1.46. The summed E-state index contributed by atoms with van der Waals surface area (Å²) in [5, 5.41) is 8.58. The summed E-state index contributed by atoms with van der Waals surface area (Å²) in [6, 6.07) is 9.24. The highest BCUT2D eigenvalue weighted by molar-refractivity contribution is 9.10. The molecule has 17 heavy (non-hydrogen) atoms. The van der Waals surface area contributed by atoms with E-state index in [0.717, 1.165) is 4.47 Å². The van der Waals surface area contributed by atoms with E-state index < -0.39 is 12.1 Å². The van der Waals surface area contributed by atoms with Gasteiger partial charge >= 0.3 is 5.97 Å². The Morgan fingerprint density at radius 3 is 2.65 bits per heavy atom. The molecule has 0 radical (unpaired) electrons. The van der Waals surface area contributed by atoms with Gasteiger partial charge in [0.05, 0.1) is 12.5 Å². The van der Waals surface area contributed by atoms with Crippen LogP contribution in [0.4, 0.5) is 0 Å². The number of ether oxygens (including phenoxy) is 2. The Morgan fingerprint density at radius 2 is 2.12 bits per heavy atom. The molecule has 0 aliphatic heterocycles. The van der Waals surface area contributed by atoms with E-state index in [2.05, 4.69) is 15.9 Å². The van der Waals surface area contributed by atoms with Crippen molar-refractivity contribution in [3.63, 3.8) is 0 Å². The number of carbonyl (C=O) groups is 1. The van der Waals surface area contributed by atoms with Crippen molar-refractivity contribution >= 4 is 21.9 Å². The molecule has 4 nitrogen and oxygen atoms in total. The number of hydrogen-bond donors (Lipinski definition) is 0. The van der Waals surface area contributed by atoms with Gasteiger partial charge in [-0.25, -0.2) is 0 Å². The zero-order chi connectivity index (χ0) is 12.7. The number of esters is 1. The smallest absolute Gasteiger partial charge is 0.303 e. The molecule has 0 amide bonds. The van der Waals surface area contributed by atoms with Crippen molar-refractivity contribution < 1.29 is 14.3 Å².